The smallest absolute Gasteiger partial charge is 0.251 e. The van der Waals surface area contributed by atoms with E-state index in [1.807, 2.05) is 30.3 Å². The maximum absolute atomic E-state index is 11.8. The van der Waals surface area contributed by atoms with Crippen molar-refractivity contribution in [2.75, 3.05) is 26.7 Å². The van der Waals surface area contributed by atoms with Crippen molar-refractivity contribution in [1.29, 1.82) is 0 Å². The minimum Gasteiger partial charge on any atom is -0.357 e. The average molecular weight is 391 g/mol. The van der Waals surface area contributed by atoms with Gasteiger partial charge >= 0.3 is 0 Å². The molecule has 2 aromatic rings. The zero-order valence-corrected chi connectivity index (χ0v) is 17.3. The molecule has 152 valence electrons. The third-order valence-corrected chi connectivity index (χ3v) is 5.04. The summed E-state index contributed by atoms with van der Waals surface area (Å²) in [5.41, 5.74) is 4.45. The Morgan fingerprint density at radius 2 is 1.86 bits per heavy atom. The molecule has 29 heavy (non-hydrogen) atoms. The van der Waals surface area contributed by atoms with Gasteiger partial charge in [-0.05, 0) is 43.0 Å². The van der Waals surface area contributed by atoms with E-state index in [0.29, 0.717) is 12.1 Å². The van der Waals surface area contributed by atoms with Crippen LogP contribution in [-0.2, 0) is 6.54 Å². The number of aliphatic imine (C=N–C) groups is 1. The van der Waals surface area contributed by atoms with Crippen molar-refractivity contribution in [2.45, 2.75) is 26.3 Å². The average Bonchev–Trinajstić information content (AvgIpc) is 2.77. The van der Waals surface area contributed by atoms with Crippen LogP contribution in [0.25, 0.3) is 6.08 Å². The van der Waals surface area contributed by atoms with Gasteiger partial charge in [-0.25, -0.2) is 4.99 Å². The van der Waals surface area contributed by atoms with E-state index < -0.39 is 0 Å². The number of amides is 1. The first-order chi connectivity index (χ1) is 14.2. The number of likely N-dealkylation sites (tertiary alicyclic amines) is 1. The van der Waals surface area contributed by atoms with Crippen molar-refractivity contribution >= 4 is 17.9 Å². The molecular weight excluding hydrogens is 360 g/mol. The van der Waals surface area contributed by atoms with E-state index in [4.69, 9.17) is 4.99 Å². The van der Waals surface area contributed by atoms with Crippen molar-refractivity contribution in [3.8, 4) is 0 Å². The molecule has 0 radical (unpaired) electrons. The Morgan fingerprint density at radius 1 is 1.10 bits per heavy atom. The Bertz CT molecular complexity index is 863. The number of benzene rings is 2. The van der Waals surface area contributed by atoms with Crippen molar-refractivity contribution in [2.24, 2.45) is 4.99 Å². The fraction of sp³-hybridized carbons (Fsp3) is 0.333. The van der Waals surface area contributed by atoms with E-state index in [2.05, 4.69) is 52.8 Å². The molecule has 5 nitrogen and oxygen atoms in total. The van der Waals surface area contributed by atoms with Gasteiger partial charge in [-0.15, -0.1) is 0 Å². The monoisotopic (exact) mass is 390 g/mol. The van der Waals surface area contributed by atoms with Gasteiger partial charge in [0.05, 0.1) is 6.54 Å². The molecule has 0 aliphatic carbocycles. The summed E-state index contributed by atoms with van der Waals surface area (Å²) in [6, 6.07) is 18.2. The molecule has 0 unspecified atom stereocenters. The Kier molecular flexibility index (Phi) is 7.45. The number of hydrogen-bond acceptors (Lipinski definition) is 2. The maximum atomic E-state index is 11.8. The van der Waals surface area contributed by atoms with Gasteiger partial charge in [-0.1, -0.05) is 54.1 Å². The largest absolute Gasteiger partial charge is 0.357 e. The second kappa shape index (κ2) is 10.5. The summed E-state index contributed by atoms with van der Waals surface area (Å²) in [5, 5.41) is 6.08. The van der Waals surface area contributed by atoms with Crippen molar-refractivity contribution in [3.63, 3.8) is 0 Å². The molecule has 0 bridgehead atoms. The first-order valence-corrected chi connectivity index (χ1v) is 10.3. The van der Waals surface area contributed by atoms with Gasteiger partial charge in [-0.2, -0.15) is 0 Å². The van der Waals surface area contributed by atoms with E-state index >= 15 is 0 Å². The lowest BCUT2D eigenvalue weighted by atomic mass is 10.0. The highest BCUT2D eigenvalue weighted by Gasteiger charge is 2.17. The molecule has 0 aromatic heterocycles. The summed E-state index contributed by atoms with van der Waals surface area (Å²) in [6.07, 6.45) is 4.41. The summed E-state index contributed by atoms with van der Waals surface area (Å²) in [7, 11) is 1.65. The summed E-state index contributed by atoms with van der Waals surface area (Å²) < 4.78 is 0. The molecule has 1 heterocycles. The highest BCUT2D eigenvalue weighted by Crippen LogP contribution is 2.19. The fourth-order valence-electron chi connectivity index (χ4n) is 3.48. The van der Waals surface area contributed by atoms with Crippen LogP contribution < -0.4 is 10.6 Å². The van der Waals surface area contributed by atoms with Crippen LogP contribution >= 0.6 is 0 Å². The molecule has 0 spiro atoms. The number of piperidine rings is 1. The SMILES string of the molecule is CCNC(=NCc1cccc(C(=O)NC)c1)N1CCC(=Cc2ccccc2)CC1. The molecule has 0 saturated carbocycles. The molecular formula is C24H30N4O. The van der Waals surface area contributed by atoms with Crippen LogP contribution in [0.15, 0.2) is 65.2 Å². The van der Waals surface area contributed by atoms with E-state index in [9.17, 15) is 4.79 Å². The first kappa shape index (κ1) is 20.6. The summed E-state index contributed by atoms with van der Waals surface area (Å²) in [5.74, 6) is 0.869. The highest BCUT2D eigenvalue weighted by molar-refractivity contribution is 5.94. The Balaban J connectivity index is 1.64. The zero-order chi connectivity index (χ0) is 20.5. The first-order valence-electron chi connectivity index (χ1n) is 10.3. The summed E-state index contributed by atoms with van der Waals surface area (Å²) in [6.45, 7) is 5.40. The lowest BCUT2D eigenvalue weighted by Crippen LogP contribution is -2.44. The van der Waals surface area contributed by atoms with Gasteiger partial charge in [0.1, 0.15) is 0 Å². The molecule has 1 fully saturated rings. The number of rotatable bonds is 5. The topological polar surface area (TPSA) is 56.7 Å². The minimum absolute atomic E-state index is 0.0727. The Labute approximate surface area is 173 Å². The number of carbonyl (C=O) groups excluding carboxylic acids is 1. The van der Waals surface area contributed by atoms with E-state index in [1.54, 1.807) is 7.05 Å². The van der Waals surface area contributed by atoms with Gasteiger partial charge in [0.25, 0.3) is 5.91 Å². The molecule has 2 aromatic carbocycles. The van der Waals surface area contributed by atoms with E-state index in [-0.39, 0.29) is 5.91 Å². The minimum atomic E-state index is -0.0727. The molecule has 5 heteroatoms. The molecule has 1 aliphatic heterocycles. The lowest BCUT2D eigenvalue weighted by Gasteiger charge is -2.31. The Hall–Kier alpha value is -3.08. The van der Waals surface area contributed by atoms with Crippen molar-refractivity contribution in [3.05, 3.63) is 76.9 Å². The van der Waals surface area contributed by atoms with Gasteiger partial charge < -0.3 is 15.5 Å². The number of guanidine groups is 1. The quantitative estimate of drug-likeness (QED) is 0.605. The van der Waals surface area contributed by atoms with Crippen LogP contribution in [0.2, 0.25) is 0 Å². The van der Waals surface area contributed by atoms with E-state index in [0.717, 1.165) is 44.0 Å². The number of carbonyl (C=O) groups is 1. The van der Waals surface area contributed by atoms with Crippen LogP contribution in [0.4, 0.5) is 0 Å². The number of nitrogens with zero attached hydrogens (tertiary/aromatic N) is 2. The summed E-state index contributed by atoms with van der Waals surface area (Å²) >= 11 is 0. The van der Waals surface area contributed by atoms with Crippen molar-refractivity contribution < 1.29 is 4.79 Å². The van der Waals surface area contributed by atoms with Crippen molar-refractivity contribution in [1.82, 2.24) is 15.5 Å². The third-order valence-electron chi connectivity index (χ3n) is 5.04. The molecule has 1 aliphatic rings. The molecule has 3 rings (SSSR count). The number of hydrogen-bond donors (Lipinski definition) is 2. The molecule has 1 amide bonds. The van der Waals surface area contributed by atoms with Gasteiger partial charge in [-0.3, -0.25) is 4.79 Å². The Morgan fingerprint density at radius 3 is 2.55 bits per heavy atom. The second-order valence-corrected chi connectivity index (χ2v) is 7.15. The van der Waals surface area contributed by atoms with E-state index in [1.165, 1.54) is 11.1 Å². The standard InChI is InChI=1S/C24H30N4O/c1-3-26-24(27-18-21-10-7-11-22(17-21)23(29)25-2)28-14-12-20(13-15-28)16-19-8-5-4-6-9-19/h4-11,16-17H,3,12-15,18H2,1-2H3,(H,25,29)(H,26,27). The molecule has 2 N–H and O–H groups in total. The lowest BCUT2D eigenvalue weighted by molar-refractivity contribution is 0.0963. The predicted octanol–water partition coefficient (Wildman–Crippen LogP) is 3.69. The highest BCUT2D eigenvalue weighted by atomic mass is 16.1. The summed E-state index contributed by atoms with van der Waals surface area (Å²) in [4.78, 5) is 19.0. The van der Waals surface area contributed by atoms with Crippen LogP contribution in [0.5, 0.6) is 0 Å². The maximum Gasteiger partial charge on any atom is 0.251 e. The third kappa shape index (κ3) is 5.95. The predicted molar refractivity (Wildman–Crippen MR) is 120 cm³/mol. The normalized spacial score (nSPS) is 14.5. The molecule has 0 atom stereocenters. The van der Waals surface area contributed by atoms with Crippen LogP contribution in [0, 0.1) is 0 Å². The molecule has 1 saturated heterocycles. The second-order valence-electron chi connectivity index (χ2n) is 7.15. The van der Waals surface area contributed by atoms with Gasteiger partial charge in [0.2, 0.25) is 0 Å². The fourth-order valence-corrected chi connectivity index (χ4v) is 3.48. The number of nitrogens with one attached hydrogen (secondary N) is 2. The van der Waals surface area contributed by atoms with Crippen LogP contribution in [0.1, 0.15) is 41.3 Å². The van der Waals surface area contributed by atoms with Crippen LogP contribution in [-0.4, -0.2) is 43.4 Å². The zero-order valence-electron chi connectivity index (χ0n) is 17.3. The van der Waals surface area contributed by atoms with Gasteiger partial charge in [0.15, 0.2) is 5.96 Å². The van der Waals surface area contributed by atoms with Crippen LogP contribution in [0.3, 0.4) is 0 Å². The van der Waals surface area contributed by atoms with Gasteiger partial charge in [0, 0.05) is 32.2 Å².